The van der Waals surface area contributed by atoms with Crippen molar-refractivity contribution in [2.45, 2.75) is 12.8 Å². The van der Waals surface area contributed by atoms with Crippen LogP contribution in [-0.2, 0) is 6.42 Å². The first-order chi connectivity index (χ1) is 13.2. The van der Waals surface area contributed by atoms with Crippen LogP contribution in [0.15, 0.2) is 64.7 Å². The number of phenols is 1. The summed E-state index contributed by atoms with van der Waals surface area (Å²) in [6.45, 7) is 0.720. The lowest BCUT2D eigenvalue weighted by molar-refractivity contribution is 0.475. The van der Waals surface area contributed by atoms with Gasteiger partial charge < -0.3 is 10.4 Å². The topological polar surface area (TPSA) is 107 Å². The van der Waals surface area contributed by atoms with Crippen LogP contribution in [0.5, 0.6) is 5.75 Å². The third kappa shape index (κ3) is 3.82. The van der Waals surface area contributed by atoms with E-state index in [-0.39, 0.29) is 11.7 Å². The van der Waals surface area contributed by atoms with Crippen LogP contribution in [0.2, 0.25) is 0 Å². The Hall–Kier alpha value is -3.61. The molecule has 0 saturated carbocycles. The largest absolute Gasteiger partial charge is 0.508 e. The molecular formula is C20H18N6O. The Balaban J connectivity index is 1.38. The van der Waals surface area contributed by atoms with Gasteiger partial charge in [0.15, 0.2) is 0 Å². The molecule has 0 unspecified atom stereocenters. The van der Waals surface area contributed by atoms with Crippen LogP contribution in [-0.4, -0.2) is 27.6 Å². The van der Waals surface area contributed by atoms with Gasteiger partial charge in [0.1, 0.15) is 5.75 Å². The van der Waals surface area contributed by atoms with E-state index in [1.807, 2.05) is 36.4 Å². The van der Waals surface area contributed by atoms with Crippen LogP contribution in [0, 0.1) is 5.41 Å². The van der Waals surface area contributed by atoms with Gasteiger partial charge in [-0.25, -0.2) is 20.0 Å². The van der Waals surface area contributed by atoms with Gasteiger partial charge in [0.2, 0.25) is 11.9 Å². The van der Waals surface area contributed by atoms with Gasteiger partial charge in [0, 0.05) is 18.3 Å². The fourth-order valence-electron chi connectivity index (χ4n) is 2.96. The summed E-state index contributed by atoms with van der Waals surface area (Å²) in [5.41, 5.74) is 2.82. The van der Waals surface area contributed by atoms with E-state index in [2.05, 4.69) is 25.3 Å². The van der Waals surface area contributed by atoms with Gasteiger partial charge in [-0.15, -0.1) is 0 Å². The number of phenolic OH excluding ortho intramolecular Hbond substituents is 1. The van der Waals surface area contributed by atoms with E-state index < -0.39 is 0 Å². The minimum atomic E-state index is 0.0648. The number of para-hydroxylation sites is 1. The first-order valence-corrected chi connectivity index (χ1v) is 8.69. The molecule has 0 saturated heterocycles. The Morgan fingerprint density at radius 3 is 2.70 bits per heavy atom. The molecule has 0 bridgehead atoms. The van der Waals surface area contributed by atoms with Gasteiger partial charge >= 0.3 is 0 Å². The summed E-state index contributed by atoms with van der Waals surface area (Å²) in [6, 6.07) is 14.6. The molecular weight excluding hydrogens is 340 g/mol. The highest BCUT2D eigenvalue weighted by molar-refractivity contribution is 5.79. The zero-order chi connectivity index (χ0) is 18.6. The van der Waals surface area contributed by atoms with Gasteiger partial charge in [-0.2, -0.15) is 0 Å². The van der Waals surface area contributed by atoms with E-state index in [9.17, 15) is 5.11 Å². The fourth-order valence-corrected chi connectivity index (χ4v) is 2.96. The summed E-state index contributed by atoms with van der Waals surface area (Å²) in [5.74, 6) is 0.864. The third-order valence-corrected chi connectivity index (χ3v) is 4.27. The number of rotatable bonds is 6. The molecule has 3 aromatic rings. The van der Waals surface area contributed by atoms with Gasteiger partial charge in [-0.3, -0.25) is 5.41 Å². The average molecular weight is 358 g/mol. The lowest BCUT2D eigenvalue weighted by atomic mass is 10.1. The molecule has 2 heterocycles. The van der Waals surface area contributed by atoms with Gasteiger partial charge in [0.25, 0.3) is 0 Å². The fraction of sp³-hybridized carbons (Fsp3) is 0.150. The summed E-state index contributed by atoms with van der Waals surface area (Å²) in [6.07, 6.45) is 3.43. The maximum absolute atomic E-state index is 9.40. The highest BCUT2D eigenvalue weighted by atomic mass is 16.3. The molecule has 0 spiro atoms. The van der Waals surface area contributed by atoms with E-state index in [0.29, 0.717) is 5.95 Å². The molecule has 7 nitrogen and oxygen atoms in total. The zero-order valence-corrected chi connectivity index (χ0v) is 14.6. The Kier molecular flexibility index (Phi) is 4.57. The molecule has 0 radical (unpaired) electrons. The van der Waals surface area contributed by atoms with Crippen LogP contribution in [0.1, 0.15) is 12.0 Å². The maximum atomic E-state index is 9.40. The highest BCUT2D eigenvalue weighted by Crippen LogP contribution is 2.20. The predicted molar refractivity (Wildman–Crippen MR) is 102 cm³/mol. The standard InChI is InChI=1S/C20H18N6O/c21-19-24-17-5-1-3-14(18(17)26-19)4-2-11-22-20-23-12-10-16(25-20)13-6-8-15(27)9-7-13/h1,3,5-10,12,21,27H,2,4,11H2,(H,22,23,25). The molecule has 7 heteroatoms. The molecule has 1 aliphatic rings. The molecule has 4 rings (SSSR count). The quantitative estimate of drug-likeness (QED) is 0.587. The molecule has 0 aliphatic carbocycles. The molecule has 1 aromatic heterocycles. The van der Waals surface area contributed by atoms with Crippen LogP contribution in [0.25, 0.3) is 11.3 Å². The smallest absolute Gasteiger partial charge is 0.243 e. The van der Waals surface area contributed by atoms with Crippen LogP contribution in [0.3, 0.4) is 0 Å². The second kappa shape index (κ2) is 7.33. The van der Waals surface area contributed by atoms with Crippen molar-refractivity contribution < 1.29 is 5.11 Å². The number of hydrogen-bond donors (Lipinski definition) is 3. The first-order valence-electron chi connectivity index (χ1n) is 8.69. The predicted octanol–water partition coefficient (Wildman–Crippen LogP) is 2.08. The average Bonchev–Trinajstić information content (AvgIpc) is 3.07. The van der Waals surface area contributed by atoms with Crippen molar-refractivity contribution in [2.75, 3.05) is 11.9 Å². The van der Waals surface area contributed by atoms with Crippen molar-refractivity contribution in [2.24, 2.45) is 9.98 Å². The van der Waals surface area contributed by atoms with E-state index in [1.165, 1.54) is 0 Å². The summed E-state index contributed by atoms with van der Waals surface area (Å²) >= 11 is 0. The van der Waals surface area contributed by atoms with Gasteiger partial charge in [-0.05, 0) is 54.8 Å². The third-order valence-electron chi connectivity index (χ3n) is 4.27. The first kappa shape index (κ1) is 16.8. The highest BCUT2D eigenvalue weighted by Gasteiger charge is 2.07. The number of nitrogens with one attached hydrogen (secondary N) is 2. The molecule has 0 atom stereocenters. The Morgan fingerprint density at radius 2 is 1.85 bits per heavy atom. The lowest BCUT2D eigenvalue weighted by Gasteiger charge is -2.07. The molecule has 1 aliphatic heterocycles. The summed E-state index contributed by atoms with van der Waals surface area (Å²) in [7, 11) is 0. The molecule has 134 valence electrons. The monoisotopic (exact) mass is 358 g/mol. The Morgan fingerprint density at radius 1 is 1.00 bits per heavy atom. The second-order valence-electron chi connectivity index (χ2n) is 6.17. The van der Waals surface area contributed by atoms with Crippen molar-refractivity contribution in [1.82, 2.24) is 9.97 Å². The molecule has 3 N–H and O–H groups in total. The molecule has 0 amide bonds. The summed E-state index contributed by atoms with van der Waals surface area (Å²) < 4.78 is 0. The maximum Gasteiger partial charge on any atom is 0.243 e. The van der Waals surface area contributed by atoms with Crippen LogP contribution >= 0.6 is 0 Å². The van der Waals surface area contributed by atoms with E-state index in [1.54, 1.807) is 18.3 Å². The SMILES string of the molecule is N=C1N=c2cccc(CCCNc3nccc(-c4ccc(O)cc4)n3)c2=N1. The van der Waals surface area contributed by atoms with E-state index in [0.717, 1.165) is 46.9 Å². The lowest BCUT2D eigenvalue weighted by Crippen LogP contribution is -2.26. The normalized spacial score (nSPS) is 12.2. The van der Waals surface area contributed by atoms with Crippen molar-refractivity contribution in [3.8, 4) is 17.0 Å². The van der Waals surface area contributed by atoms with Gasteiger partial charge in [0.05, 0.1) is 16.4 Å². The number of guanidine groups is 1. The Labute approximate surface area is 155 Å². The van der Waals surface area contributed by atoms with Crippen molar-refractivity contribution in [3.05, 3.63) is 71.0 Å². The number of anilines is 1. The van der Waals surface area contributed by atoms with E-state index >= 15 is 0 Å². The van der Waals surface area contributed by atoms with Gasteiger partial charge in [-0.1, -0.05) is 12.1 Å². The number of aryl methyl sites for hydroxylation is 1. The summed E-state index contributed by atoms with van der Waals surface area (Å²) in [4.78, 5) is 17.1. The van der Waals surface area contributed by atoms with Crippen molar-refractivity contribution >= 4 is 11.9 Å². The number of benzene rings is 2. The number of aromatic nitrogens is 2. The van der Waals surface area contributed by atoms with Crippen LogP contribution < -0.4 is 16.0 Å². The number of fused-ring (bicyclic) bond motifs is 1. The Bertz CT molecular complexity index is 1110. The minimum absolute atomic E-state index is 0.0648. The number of nitrogens with zero attached hydrogens (tertiary/aromatic N) is 4. The second-order valence-corrected chi connectivity index (χ2v) is 6.17. The molecule has 0 fully saturated rings. The molecule has 2 aromatic carbocycles. The van der Waals surface area contributed by atoms with Crippen LogP contribution in [0.4, 0.5) is 5.95 Å². The van der Waals surface area contributed by atoms with E-state index in [4.69, 9.17) is 5.41 Å². The molecule has 27 heavy (non-hydrogen) atoms. The van der Waals surface area contributed by atoms with Crippen molar-refractivity contribution in [3.63, 3.8) is 0 Å². The number of hydrogen-bond acceptors (Lipinski definition) is 5. The van der Waals surface area contributed by atoms with Crippen molar-refractivity contribution in [1.29, 1.82) is 5.41 Å². The minimum Gasteiger partial charge on any atom is -0.508 e. The summed E-state index contributed by atoms with van der Waals surface area (Å²) in [5, 5.41) is 21.8. The number of aromatic hydroxyl groups is 1. The zero-order valence-electron chi connectivity index (χ0n) is 14.6.